The minimum absolute atomic E-state index is 0.0477. The molecule has 3 heteroatoms. The van der Waals surface area contributed by atoms with Crippen molar-refractivity contribution < 1.29 is 4.79 Å². The van der Waals surface area contributed by atoms with E-state index in [0.29, 0.717) is 5.92 Å². The second-order valence-corrected chi connectivity index (χ2v) is 8.34. The van der Waals surface area contributed by atoms with E-state index in [0.717, 1.165) is 43.6 Å². The van der Waals surface area contributed by atoms with E-state index in [1.807, 2.05) is 42.5 Å². The molecular weight excluding hydrogens is 368 g/mol. The van der Waals surface area contributed by atoms with Gasteiger partial charge in [-0.2, -0.15) is 0 Å². The summed E-state index contributed by atoms with van der Waals surface area (Å²) >= 11 is 0. The minimum Gasteiger partial charge on any atom is -0.324 e. The second-order valence-electron chi connectivity index (χ2n) is 8.34. The van der Waals surface area contributed by atoms with Crippen LogP contribution >= 0.6 is 0 Å². The average Bonchev–Trinajstić information content (AvgIpc) is 2.78. The van der Waals surface area contributed by atoms with Gasteiger partial charge in [0.05, 0.1) is 0 Å². The number of anilines is 1. The van der Waals surface area contributed by atoms with Crippen LogP contribution in [0.1, 0.15) is 35.6 Å². The van der Waals surface area contributed by atoms with E-state index in [9.17, 15) is 4.79 Å². The maximum Gasteiger partial charge on any atom is 0.246 e. The standard InChI is InChI=1S/C27H30N2O/c1-21-12-14-25(15-13-21)28-27(30)26(24-10-6-3-7-11-24)29-18-16-23(17-19-29)20-22-8-4-2-5-9-22/h2-15,23,26H,16-20H2,1H3,(H,28,30)/t26-/m1/s1. The molecule has 1 aliphatic rings. The lowest BCUT2D eigenvalue weighted by Crippen LogP contribution is -2.42. The lowest BCUT2D eigenvalue weighted by Gasteiger charge is -2.37. The highest BCUT2D eigenvalue weighted by Gasteiger charge is 2.31. The molecule has 0 radical (unpaired) electrons. The van der Waals surface area contributed by atoms with Crippen molar-refractivity contribution in [2.75, 3.05) is 18.4 Å². The third kappa shape index (κ3) is 5.17. The molecule has 3 nitrogen and oxygen atoms in total. The van der Waals surface area contributed by atoms with Crippen molar-refractivity contribution in [1.82, 2.24) is 4.90 Å². The first-order valence-corrected chi connectivity index (χ1v) is 10.9. The first-order valence-electron chi connectivity index (χ1n) is 10.9. The van der Waals surface area contributed by atoms with Crippen molar-refractivity contribution in [3.05, 3.63) is 102 Å². The molecule has 1 aliphatic heterocycles. The number of benzene rings is 3. The number of likely N-dealkylation sites (tertiary alicyclic amines) is 1. The Kier molecular flexibility index (Phi) is 6.60. The highest BCUT2D eigenvalue weighted by molar-refractivity contribution is 5.95. The molecule has 1 amide bonds. The molecule has 1 saturated heterocycles. The van der Waals surface area contributed by atoms with Crippen LogP contribution in [0.2, 0.25) is 0 Å². The van der Waals surface area contributed by atoms with Crippen LogP contribution in [-0.4, -0.2) is 23.9 Å². The van der Waals surface area contributed by atoms with Crippen LogP contribution < -0.4 is 5.32 Å². The zero-order valence-electron chi connectivity index (χ0n) is 17.6. The van der Waals surface area contributed by atoms with E-state index in [4.69, 9.17) is 0 Å². The molecule has 4 rings (SSSR count). The van der Waals surface area contributed by atoms with Gasteiger partial charge in [-0.05, 0) is 68.5 Å². The lowest BCUT2D eigenvalue weighted by molar-refractivity contribution is -0.122. The van der Waals surface area contributed by atoms with Gasteiger partial charge in [-0.1, -0.05) is 78.4 Å². The SMILES string of the molecule is Cc1ccc(NC(=O)[C@@H](c2ccccc2)N2CCC(Cc3ccccc3)CC2)cc1. The summed E-state index contributed by atoms with van der Waals surface area (Å²) in [5, 5.41) is 3.14. The number of hydrogen-bond donors (Lipinski definition) is 1. The fourth-order valence-electron chi connectivity index (χ4n) is 4.37. The summed E-state index contributed by atoms with van der Waals surface area (Å²) in [7, 11) is 0. The highest BCUT2D eigenvalue weighted by Crippen LogP contribution is 2.29. The van der Waals surface area contributed by atoms with Gasteiger partial charge in [0, 0.05) is 5.69 Å². The summed E-state index contributed by atoms with van der Waals surface area (Å²) in [6.45, 7) is 3.94. The topological polar surface area (TPSA) is 32.3 Å². The van der Waals surface area contributed by atoms with E-state index in [1.54, 1.807) is 0 Å². The molecule has 0 spiro atoms. The maximum absolute atomic E-state index is 13.3. The number of rotatable bonds is 6. The molecule has 0 aliphatic carbocycles. The van der Waals surface area contributed by atoms with Crippen molar-refractivity contribution in [3.8, 4) is 0 Å². The molecule has 3 aromatic carbocycles. The largest absolute Gasteiger partial charge is 0.324 e. The molecule has 0 unspecified atom stereocenters. The summed E-state index contributed by atoms with van der Waals surface area (Å²) < 4.78 is 0. The first-order chi connectivity index (χ1) is 14.7. The quantitative estimate of drug-likeness (QED) is 0.584. The Morgan fingerprint density at radius 3 is 2.13 bits per heavy atom. The fraction of sp³-hybridized carbons (Fsp3) is 0.296. The summed E-state index contributed by atoms with van der Waals surface area (Å²) in [6.07, 6.45) is 3.37. The van der Waals surface area contributed by atoms with Crippen LogP contribution in [0.3, 0.4) is 0 Å². The number of aryl methyl sites for hydroxylation is 1. The molecular formula is C27H30N2O. The maximum atomic E-state index is 13.3. The predicted octanol–water partition coefficient (Wildman–Crippen LogP) is 5.63. The van der Waals surface area contributed by atoms with Crippen molar-refractivity contribution >= 4 is 11.6 Å². The Labute approximate surface area is 179 Å². The summed E-state index contributed by atoms with van der Waals surface area (Å²) in [5.41, 5.74) is 4.51. The number of amides is 1. The number of nitrogens with one attached hydrogen (secondary N) is 1. The van der Waals surface area contributed by atoms with E-state index in [-0.39, 0.29) is 11.9 Å². The molecule has 0 saturated carbocycles. The minimum atomic E-state index is -0.259. The zero-order valence-corrected chi connectivity index (χ0v) is 17.6. The van der Waals surface area contributed by atoms with Gasteiger partial charge < -0.3 is 5.32 Å². The lowest BCUT2D eigenvalue weighted by atomic mass is 9.89. The molecule has 1 fully saturated rings. The average molecular weight is 399 g/mol. The molecule has 0 bridgehead atoms. The molecule has 1 atom stereocenters. The predicted molar refractivity (Wildman–Crippen MR) is 123 cm³/mol. The Balaban J connectivity index is 1.45. The molecule has 3 aromatic rings. The molecule has 1 heterocycles. The molecule has 154 valence electrons. The van der Waals surface area contributed by atoms with Crippen molar-refractivity contribution in [3.63, 3.8) is 0 Å². The first kappa shape index (κ1) is 20.4. The van der Waals surface area contributed by atoms with Crippen molar-refractivity contribution in [2.45, 2.75) is 32.2 Å². The highest BCUT2D eigenvalue weighted by atomic mass is 16.2. The number of nitrogens with zero attached hydrogens (tertiary/aromatic N) is 1. The molecule has 30 heavy (non-hydrogen) atoms. The van der Waals surface area contributed by atoms with Gasteiger partial charge in [0.25, 0.3) is 0 Å². The number of carbonyl (C=O) groups is 1. The van der Waals surface area contributed by atoms with Gasteiger partial charge >= 0.3 is 0 Å². The second kappa shape index (κ2) is 9.73. The van der Waals surface area contributed by atoms with Crippen LogP contribution in [0.4, 0.5) is 5.69 Å². The Hall–Kier alpha value is -2.91. The third-order valence-corrected chi connectivity index (χ3v) is 6.06. The Morgan fingerprint density at radius 1 is 0.900 bits per heavy atom. The number of hydrogen-bond acceptors (Lipinski definition) is 2. The fourth-order valence-corrected chi connectivity index (χ4v) is 4.37. The normalized spacial score (nSPS) is 16.2. The van der Waals surface area contributed by atoms with Crippen molar-refractivity contribution in [2.24, 2.45) is 5.92 Å². The summed E-state index contributed by atoms with van der Waals surface area (Å²) in [6, 6.07) is 28.7. The monoisotopic (exact) mass is 398 g/mol. The Bertz CT molecular complexity index is 930. The van der Waals surface area contributed by atoms with Gasteiger partial charge in [-0.25, -0.2) is 0 Å². The van der Waals surface area contributed by atoms with E-state index < -0.39 is 0 Å². The Morgan fingerprint density at radius 2 is 1.50 bits per heavy atom. The van der Waals surface area contributed by atoms with E-state index >= 15 is 0 Å². The van der Waals surface area contributed by atoms with Gasteiger partial charge in [0.15, 0.2) is 0 Å². The van der Waals surface area contributed by atoms with Crippen LogP contribution in [0.25, 0.3) is 0 Å². The van der Waals surface area contributed by atoms with E-state index in [2.05, 4.69) is 59.6 Å². The third-order valence-electron chi connectivity index (χ3n) is 6.06. The van der Waals surface area contributed by atoms with Crippen LogP contribution in [0, 0.1) is 12.8 Å². The summed E-state index contributed by atoms with van der Waals surface area (Å²) in [4.78, 5) is 15.7. The van der Waals surface area contributed by atoms with Gasteiger partial charge in [0.1, 0.15) is 6.04 Å². The summed E-state index contributed by atoms with van der Waals surface area (Å²) in [5.74, 6) is 0.729. The molecule has 1 N–H and O–H groups in total. The zero-order chi connectivity index (χ0) is 20.8. The molecule has 0 aromatic heterocycles. The van der Waals surface area contributed by atoms with Gasteiger partial charge in [0.2, 0.25) is 5.91 Å². The number of carbonyl (C=O) groups excluding carboxylic acids is 1. The van der Waals surface area contributed by atoms with Crippen molar-refractivity contribution in [1.29, 1.82) is 0 Å². The van der Waals surface area contributed by atoms with Crippen LogP contribution in [0.15, 0.2) is 84.9 Å². The van der Waals surface area contributed by atoms with Crippen LogP contribution in [0.5, 0.6) is 0 Å². The smallest absolute Gasteiger partial charge is 0.246 e. The van der Waals surface area contributed by atoms with Gasteiger partial charge in [-0.3, -0.25) is 9.69 Å². The van der Waals surface area contributed by atoms with Crippen LogP contribution in [-0.2, 0) is 11.2 Å². The van der Waals surface area contributed by atoms with Gasteiger partial charge in [-0.15, -0.1) is 0 Å². The number of piperidine rings is 1. The van der Waals surface area contributed by atoms with E-state index in [1.165, 1.54) is 11.1 Å².